The van der Waals surface area contributed by atoms with Gasteiger partial charge in [0.2, 0.25) is 0 Å². The highest BCUT2D eigenvalue weighted by Crippen LogP contribution is 2.32. The van der Waals surface area contributed by atoms with E-state index in [0.717, 1.165) is 19.3 Å². The van der Waals surface area contributed by atoms with Gasteiger partial charge in [-0.2, -0.15) is 4.99 Å². The van der Waals surface area contributed by atoms with Crippen molar-refractivity contribution >= 4 is 11.9 Å². The molecule has 0 spiro atoms. The number of urea groups is 1. The average molecular weight is 229 g/mol. The predicted molar refractivity (Wildman–Crippen MR) is 65.8 cm³/mol. The lowest BCUT2D eigenvalue weighted by molar-refractivity contribution is 0.203. The van der Waals surface area contributed by atoms with Crippen LogP contribution in [0.2, 0.25) is 0 Å². The fraction of sp³-hybridized carbons (Fsp3) is 0.385. The topological polar surface area (TPSA) is 58.7 Å². The van der Waals surface area contributed by atoms with E-state index in [2.05, 4.69) is 17.1 Å². The summed E-state index contributed by atoms with van der Waals surface area (Å²) in [6, 6.07) is 10.3. The summed E-state index contributed by atoms with van der Waals surface area (Å²) in [5.41, 5.74) is 7.05. The lowest BCUT2D eigenvalue weighted by atomic mass is 10.0. The van der Waals surface area contributed by atoms with Crippen LogP contribution < -0.4 is 5.73 Å². The van der Waals surface area contributed by atoms with Crippen molar-refractivity contribution < 1.29 is 4.79 Å². The Hall–Kier alpha value is -1.84. The zero-order chi connectivity index (χ0) is 11.8. The third-order valence-corrected chi connectivity index (χ3v) is 3.33. The number of nitrogens with zero attached hydrogens (tertiary/aromatic N) is 2. The molecule has 1 aliphatic heterocycles. The summed E-state index contributed by atoms with van der Waals surface area (Å²) in [7, 11) is 0. The Kier molecular flexibility index (Phi) is 2.35. The number of benzene rings is 1. The minimum absolute atomic E-state index is 0.0441. The molecular formula is C13H15N3O. The molecule has 1 aromatic rings. The molecule has 4 nitrogen and oxygen atoms in total. The van der Waals surface area contributed by atoms with Crippen LogP contribution >= 0.6 is 0 Å². The number of hydrogen-bond acceptors (Lipinski definition) is 2. The van der Waals surface area contributed by atoms with E-state index < -0.39 is 0 Å². The molecule has 1 aromatic carbocycles. The number of hydrogen-bond donors (Lipinski definition) is 1. The number of aliphatic imine (C=N–C) groups is 1. The first-order valence-electron chi connectivity index (χ1n) is 5.96. The molecule has 2 N–H and O–H groups in total. The monoisotopic (exact) mass is 229 g/mol. The number of rotatable bonds is 3. The first-order valence-corrected chi connectivity index (χ1v) is 5.96. The summed E-state index contributed by atoms with van der Waals surface area (Å²) >= 11 is 0. The largest absolute Gasteiger partial charge is 0.385 e. The van der Waals surface area contributed by atoms with Gasteiger partial charge in [0.15, 0.2) is 0 Å². The van der Waals surface area contributed by atoms with Crippen LogP contribution in [-0.2, 0) is 6.42 Å². The molecule has 1 heterocycles. The zero-order valence-electron chi connectivity index (χ0n) is 9.54. The minimum atomic E-state index is -0.161. The molecule has 0 bridgehead atoms. The summed E-state index contributed by atoms with van der Waals surface area (Å²) in [6.07, 6.45) is 2.93. The van der Waals surface area contributed by atoms with Crippen molar-refractivity contribution in [3.05, 3.63) is 35.9 Å². The fourth-order valence-electron chi connectivity index (χ4n) is 2.32. The standard InChI is InChI=1S/C13H15N3O/c14-12-11(8-9-4-2-1-3-5-9)16(10-6-7-10)13(17)15-12/h1-5,10-11H,6-8H2,(H2,14,15,17). The van der Waals surface area contributed by atoms with Crippen molar-refractivity contribution in [2.24, 2.45) is 10.7 Å². The quantitative estimate of drug-likeness (QED) is 0.855. The summed E-state index contributed by atoms with van der Waals surface area (Å²) in [6.45, 7) is 0. The Morgan fingerprint density at radius 2 is 2.00 bits per heavy atom. The maximum absolute atomic E-state index is 11.7. The van der Waals surface area contributed by atoms with Crippen LogP contribution in [0.1, 0.15) is 18.4 Å². The number of amides is 2. The summed E-state index contributed by atoms with van der Waals surface area (Å²) in [5.74, 6) is 0.464. The van der Waals surface area contributed by atoms with E-state index in [1.807, 2.05) is 23.1 Å². The van der Waals surface area contributed by atoms with Gasteiger partial charge in [0.05, 0.1) is 6.04 Å². The minimum Gasteiger partial charge on any atom is -0.385 e. The van der Waals surface area contributed by atoms with Gasteiger partial charge in [0.25, 0.3) is 0 Å². The van der Waals surface area contributed by atoms with Crippen LogP contribution in [-0.4, -0.2) is 28.9 Å². The van der Waals surface area contributed by atoms with Gasteiger partial charge >= 0.3 is 6.03 Å². The van der Waals surface area contributed by atoms with E-state index in [1.54, 1.807) is 0 Å². The molecule has 4 heteroatoms. The third-order valence-electron chi connectivity index (χ3n) is 3.33. The second-order valence-electron chi connectivity index (χ2n) is 4.66. The van der Waals surface area contributed by atoms with Gasteiger partial charge in [-0.25, -0.2) is 4.79 Å². The van der Waals surface area contributed by atoms with Gasteiger partial charge in [0.1, 0.15) is 5.84 Å². The molecule has 2 amide bonds. The predicted octanol–water partition coefficient (Wildman–Crippen LogP) is 1.55. The Balaban J connectivity index is 1.81. The van der Waals surface area contributed by atoms with Gasteiger partial charge in [-0.1, -0.05) is 30.3 Å². The van der Waals surface area contributed by atoms with Crippen molar-refractivity contribution in [2.45, 2.75) is 31.3 Å². The molecular weight excluding hydrogens is 214 g/mol. The molecule has 3 rings (SSSR count). The molecule has 2 aliphatic rings. The molecule has 1 saturated carbocycles. The Morgan fingerprint density at radius 3 is 2.65 bits per heavy atom. The van der Waals surface area contributed by atoms with Gasteiger partial charge in [0, 0.05) is 12.5 Å². The van der Waals surface area contributed by atoms with E-state index in [-0.39, 0.29) is 12.1 Å². The summed E-state index contributed by atoms with van der Waals surface area (Å²) < 4.78 is 0. The lowest BCUT2D eigenvalue weighted by Crippen LogP contribution is -2.43. The molecule has 0 saturated heterocycles. The second kappa shape index (κ2) is 3.87. The van der Waals surface area contributed by atoms with E-state index in [4.69, 9.17) is 5.73 Å². The van der Waals surface area contributed by atoms with Crippen LogP contribution in [0.5, 0.6) is 0 Å². The van der Waals surface area contributed by atoms with Gasteiger partial charge < -0.3 is 10.6 Å². The van der Waals surface area contributed by atoms with Gasteiger partial charge in [-0.05, 0) is 18.4 Å². The first kappa shape index (κ1) is 10.3. The van der Waals surface area contributed by atoms with Crippen LogP contribution in [0.25, 0.3) is 0 Å². The fourth-order valence-corrected chi connectivity index (χ4v) is 2.32. The van der Waals surface area contributed by atoms with Crippen molar-refractivity contribution in [1.29, 1.82) is 0 Å². The molecule has 1 unspecified atom stereocenters. The Labute approximate surface area is 100 Å². The van der Waals surface area contributed by atoms with Gasteiger partial charge in [-0.3, -0.25) is 0 Å². The molecule has 88 valence electrons. The number of amidine groups is 1. The van der Waals surface area contributed by atoms with E-state index in [1.165, 1.54) is 5.56 Å². The zero-order valence-corrected chi connectivity index (χ0v) is 9.54. The smallest absolute Gasteiger partial charge is 0.346 e. The second-order valence-corrected chi connectivity index (χ2v) is 4.66. The maximum Gasteiger partial charge on any atom is 0.346 e. The molecule has 1 fully saturated rings. The van der Waals surface area contributed by atoms with Gasteiger partial charge in [-0.15, -0.1) is 0 Å². The van der Waals surface area contributed by atoms with Crippen LogP contribution in [0.4, 0.5) is 4.79 Å². The molecule has 17 heavy (non-hydrogen) atoms. The highest BCUT2D eigenvalue weighted by atomic mass is 16.2. The maximum atomic E-state index is 11.7. The highest BCUT2D eigenvalue weighted by Gasteiger charge is 2.42. The summed E-state index contributed by atoms with van der Waals surface area (Å²) in [4.78, 5) is 17.5. The first-order chi connectivity index (χ1) is 8.25. The Bertz CT molecular complexity index is 465. The van der Waals surface area contributed by atoms with Crippen molar-refractivity contribution in [3.63, 3.8) is 0 Å². The van der Waals surface area contributed by atoms with E-state index >= 15 is 0 Å². The normalized spacial score (nSPS) is 24.0. The SMILES string of the molecule is NC1=NC(=O)N(C2CC2)C1Cc1ccccc1. The average Bonchev–Trinajstić information content (AvgIpc) is 3.10. The van der Waals surface area contributed by atoms with Crippen LogP contribution in [0, 0.1) is 0 Å². The van der Waals surface area contributed by atoms with Crippen LogP contribution in [0.3, 0.4) is 0 Å². The van der Waals surface area contributed by atoms with Crippen LogP contribution in [0.15, 0.2) is 35.3 Å². The van der Waals surface area contributed by atoms with Crippen molar-refractivity contribution in [3.8, 4) is 0 Å². The molecule has 0 aromatic heterocycles. The van der Waals surface area contributed by atoms with Crippen molar-refractivity contribution in [2.75, 3.05) is 0 Å². The lowest BCUT2D eigenvalue weighted by Gasteiger charge is -2.23. The third kappa shape index (κ3) is 1.90. The number of carbonyl (C=O) groups is 1. The van der Waals surface area contributed by atoms with E-state index in [0.29, 0.717) is 11.9 Å². The highest BCUT2D eigenvalue weighted by molar-refractivity contribution is 6.03. The van der Waals surface area contributed by atoms with E-state index in [9.17, 15) is 4.79 Å². The molecule has 1 aliphatic carbocycles. The number of carbonyl (C=O) groups excluding carboxylic acids is 1. The Morgan fingerprint density at radius 1 is 1.29 bits per heavy atom. The molecule has 1 atom stereocenters. The molecule has 0 radical (unpaired) electrons. The number of nitrogens with two attached hydrogens (primary N) is 1. The van der Waals surface area contributed by atoms with Crippen molar-refractivity contribution in [1.82, 2.24) is 4.90 Å². The summed E-state index contributed by atoms with van der Waals surface area (Å²) in [5, 5.41) is 0.